The maximum Gasteiger partial charge on any atom is 0.159 e. The Morgan fingerprint density at radius 2 is 0.921 bits per heavy atom. The lowest BCUT2D eigenvalue weighted by Crippen LogP contribution is -2.13. The van der Waals surface area contributed by atoms with Crippen LogP contribution in [0.1, 0.15) is 59.8 Å². The van der Waals surface area contributed by atoms with Crippen molar-refractivity contribution in [3.63, 3.8) is 0 Å². The summed E-state index contributed by atoms with van der Waals surface area (Å²) in [5.74, 6) is 0.993. The van der Waals surface area contributed by atoms with E-state index >= 15 is 0 Å². The first-order valence-corrected chi connectivity index (χ1v) is 22.3. The minimum atomic E-state index is 0.486. The van der Waals surface area contributed by atoms with Crippen LogP contribution in [0.2, 0.25) is 0 Å². The molecule has 9 aromatic carbocycles. The van der Waals surface area contributed by atoms with Crippen molar-refractivity contribution in [2.45, 2.75) is 44.4 Å². The number of fused-ring (bicyclic) bond motifs is 9. The van der Waals surface area contributed by atoms with Crippen LogP contribution < -0.4 is 9.80 Å². The fourth-order valence-corrected chi connectivity index (χ4v) is 10.5. The van der Waals surface area contributed by atoms with Crippen molar-refractivity contribution >= 4 is 106 Å². The molecule has 2 heterocycles. The van der Waals surface area contributed by atoms with E-state index in [2.05, 4.69) is 193 Å². The molecule has 63 heavy (non-hydrogen) atoms. The molecular weight excluding hydrogens is 769 g/mol. The molecule has 0 unspecified atom stereocenters. The van der Waals surface area contributed by atoms with Gasteiger partial charge in [-0.25, -0.2) is 0 Å². The number of rotatable bonds is 9. The van der Waals surface area contributed by atoms with E-state index in [0.717, 1.165) is 83.6 Å². The van der Waals surface area contributed by atoms with E-state index in [1.807, 2.05) is 6.07 Å². The minimum absolute atomic E-state index is 0.486. The second-order valence-electron chi connectivity index (χ2n) is 17.5. The molecule has 11 aromatic rings. The number of nitrogens with zero attached hydrogens (tertiary/aromatic N) is 2. The first-order valence-electron chi connectivity index (χ1n) is 22.3. The predicted octanol–water partition coefficient (Wildman–Crippen LogP) is 17.4. The number of hydrogen-bond donors (Lipinski definition) is 0. The van der Waals surface area contributed by atoms with Crippen molar-refractivity contribution in [2.24, 2.45) is 0 Å². The third-order valence-corrected chi connectivity index (χ3v) is 13.7. The molecule has 4 nitrogen and oxygen atoms in total. The zero-order valence-electron chi connectivity index (χ0n) is 35.1. The summed E-state index contributed by atoms with van der Waals surface area (Å²) in [6, 6.07) is 61.2. The first-order chi connectivity index (χ1) is 31.1. The standard InChI is InChI=1S/C59H44N2O2/c1-3-41-52(60(39-16-6-4-7-17-39)50-24-14-22-45-42-20-10-12-26-54(42)62-58(45)50)35-49(38-30-31-38)44-32-33-47-53(34-48(37-28-29-37)36(2)56(47)57(41)44)61(40-18-8-5-9-19-40)51-25-15-23-46-43-21-11-13-27-55(43)63-59(46)51/h3-27,32-35,37-38H,1,28-31H2,2H3. The SMILES string of the molecule is C=Cc1c(N(c2ccccc2)c2cccc3c2oc2ccccc23)cc(C2CC2)c2ccc3c(N(c4ccccc4)c4cccc5c4oc4ccccc45)cc(C4CC4)c(C)c3c12. The molecule has 2 saturated carbocycles. The van der Waals surface area contributed by atoms with Crippen molar-refractivity contribution in [3.8, 4) is 0 Å². The van der Waals surface area contributed by atoms with E-state index in [1.54, 1.807) is 0 Å². The molecule has 2 aliphatic carbocycles. The molecule has 302 valence electrons. The molecule has 13 rings (SSSR count). The van der Waals surface area contributed by atoms with Crippen LogP contribution in [0.4, 0.5) is 34.1 Å². The highest BCUT2D eigenvalue weighted by Crippen LogP contribution is 2.55. The molecule has 2 aromatic heterocycles. The molecule has 2 aliphatic rings. The fourth-order valence-electron chi connectivity index (χ4n) is 10.5. The van der Waals surface area contributed by atoms with Gasteiger partial charge in [0.25, 0.3) is 0 Å². The molecule has 0 N–H and O–H groups in total. The summed E-state index contributed by atoms with van der Waals surface area (Å²) >= 11 is 0. The van der Waals surface area contributed by atoms with Crippen LogP contribution in [0.3, 0.4) is 0 Å². The smallest absolute Gasteiger partial charge is 0.159 e. The molecule has 0 radical (unpaired) electrons. The second kappa shape index (κ2) is 14.0. The molecule has 0 amide bonds. The molecule has 0 spiro atoms. The van der Waals surface area contributed by atoms with Crippen molar-refractivity contribution in [2.75, 3.05) is 9.80 Å². The van der Waals surface area contributed by atoms with Crippen molar-refractivity contribution < 1.29 is 8.83 Å². The third kappa shape index (κ3) is 5.60. The summed E-state index contributed by atoms with van der Waals surface area (Å²) in [4.78, 5) is 4.87. The number of furan rings is 2. The van der Waals surface area contributed by atoms with Gasteiger partial charge in [0, 0.05) is 43.9 Å². The Labute approximate surface area is 365 Å². The molecular formula is C59H44N2O2. The van der Waals surface area contributed by atoms with Gasteiger partial charge in [-0.1, -0.05) is 122 Å². The second-order valence-corrected chi connectivity index (χ2v) is 17.5. The maximum atomic E-state index is 6.80. The Balaban J connectivity index is 1.15. The molecule has 0 aliphatic heterocycles. The maximum absolute atomic E-state index is 6.80. The topological polar surface area (TPSA) is 32.8 Å². The number of hydrogen-bond acceptors (Lipinski definition) is 4. The summed E-state index contributed by atoms with van der Waals surface area (Å²) in [7, 11) is 0. The average molecular weight is 813 g/mol. The minimum Gasteiger partial charge on any atom is -0.454 e. The normalized spacial score (nSPS) is 14.1. The van der Waals surface area contributed by atoms with Crippen LogP contribution in [0.15, 0.2) is 185 Å². The van der Waals surface area contributed by atoms with Crippen molar-refractivity contribution in [1.29, 1.82) is 0 Å². The number of benzene rings is 9. The monoisotopic (exact) mass is 812 g/mol. The summed E-state index contributed by atoms with van der Waals surface area (Å²) in [6.45, 7) is 7.01. The van der Waals surface area contributed by atoms with Gasteiger partial charge in [-0.2, -0.15) is 0 Å². The summed E-state index contributed by atoms with van der Waals surface area (Å²) < 4.78 is 13.6. The van der Waals surface area contributed by atoms with Gasteiger partial charge in [0.05, 0.1) is 22.7 Å². The van der Waals surface area contributed by atoms with E-state index < -0.39 is 0 Å². The van der Waals surface area contributed by atoms with Crippen LogP contribution in [-0.4, -0.2) is 0 Å². The highest BCUT2D eigenvalue weighted by atomic mass is 16.3. The Bertz CT molecular complexity index is 3630. The zero-order valence-corrected chi connectivity index (χ0v) is 35.1. The number of para-hydroxylation sites is 6. The van der Waals surface area contributed by atoms with Crippen LogP contribution in [0.25, 0.3) is 71.5 Å². The lowest BCUT2D eigenvalue weighted by molar-refractivity contribution is 0.668. The first kappa shape index (κ1) is 36.1. The van der Waals surface area contributed by atoms with Gasteiger partial charge in [0.2, 0.25) is 0 Å². The largest absolute Gasteiger partial charge is 0.454 e. The number of aryl methyl sites for hydroxylation is 1. The molecule has 0 atom stereocenters. The Morgan fingerprint density at radius 1 is 0.444 bits per heavy atom. The van der Waals surface area contributed by atoms with Crippen LogP contribution in [0.5, 0.6) is 0 Å². The molecule has 0 bridgehead atoms. The Morgan fingerprint density at radius 3 is 1.48 bits per heavy atom. The molecule has 4 heteroatoms. The molecule has 2 fully saturated rings. The quantitative estimate of drug-likeness (QED) is 0.136. The summed E-state index contributed by atoms with van der Waals surface area (Å²) in [5, 5.41) is 9.52. The van der Waals surface area contributed by atoms with E-state index in [1.165, 1.54) is 63.9 Å². The van der Waals surface area contributed by atoms with Gasteiger partial charge in [-0.15, -0.1) is 0 Å². The van der Waals surface area contributed by atoms with Gasteiger partial charge >= 0.3 is 0 Å². The van der Waals surface area contributed by atoms with E-state index in [-0.39, 0.29) is 0 Å². The lowest BCUT2D eigenvalue weighted by atomic mass is 9.86. The highest BCUT2D eigenvalue weighted by molar-refractivity contribution is 6.21. The van der Waals surface area contributed by atoms with Crippen LogP contribution >= 0.6 is 0 Å². The van der Waals surface area contributed by atoms with Crippen molar-refractivity contribution in [3.05, 3.63) is 199 Å². The Kier molecular flexibility index (Phi) is 8.02. The average Bonchev–Trinajstić information content (AvgIpc) is 4.28. The van der Waals surface area contributed by atoms with Gasteiger partial charge in [-0.05, 0) is 138 Å². The van der Waals surface area contributed by atoms with Crippen LogP contribution in [0, 0.1) is 6.92 Å². The van der Waals surface area contributed by atoms with E-state index in [0.29, 0.717) is 11.8 Å². The van der Waals surface area contributed by atoms with Crippen LogP contribution in [-0.2, 0) is 0 Å². The van der Waals surface area contributed by atoms with E-state index in [9.17, 15) is 0 Å². The molecule has 0 saturated heterocycles. The van der Waals surface area contributed by atoms with Gasteiger partial charge < -0.3 is 18.6 Å². The Hall–Kier alpha value is -7.56. The highest BCUT2D eigenvalue weighted by Gasteiger charge is 2.33. The fraction of sp³-hybridized carbons (Fsp3) is 0.119. The van der Waals surface area contributed by atoms with Crippen molar-refractivity contribution in [1.82, 2.24) is 0 Å². The van der Waals surface area contributed by atoms with Gasteiger partial charge in [0.1, 0.15) is 11.2 Å². The van der Waals surface area contributed by atoms with Gasteiger partial charge in [-0.3, -0.25) is 0 Å². The van der Waals surface area contributed by atoms with E-state index in [4.69, 9.17) is 8.83 Å². The predicted molar refractivity (Wildman–Crippen MR) is 264 cm³/mol. The number of anilines is 6. The summed E-state index contributed by atoms with van der Waals surface area (Å²) in [5.41, 5.74) is 15.3. The van der Waals surface area contributed by atoms with Gasteiger partial charge in [0.15, 0.2) is 11.2 Å². The lowest BCUT2D eigenvalue weighted by Gasteiger charge is -2.31. The third-order valence-electron chi connectivity index (χ3n) is 13.7. The zero-order chi connectivity index (χ0) is 41.8. The summed E-state index contributed by atoms with van der Waals surface area (Å²) in [6.07, 6.45) is 6.85.